The number of hydrogen-bond acceptors (Lipinski definition) is 4. The minimum Gasteiger partial charge on any atom is -0.394 e. The predicted molar refractivity (Wildman–Crippen MR) is 58.9 cm³/mol. The summed E-state index contributed by atoms with van der Waals surface area (Å²) >= 11 is 0. The summed E-state index contributed by atoms with van der Waals surface area (Å²) in [6.07, 6.45) is 0.0142. The van der Waals surface area contributed by atoms with E-state index >= 15 is 0 Å². The minimum atomic E-state index is 0.0142. The van der Waals surface area contributed by atoms with Crippen molar-refractivity contribution in [1.82, 2.24) is 9.80 Å². The second-order valence-corrected chi connectivity index (χ2v) is 4.78. The molecule has 2 rings (SSSR count). The van der Waals surface area contributed by atoms with Gasteiger partial charge in [-0.1, -0.05) is 0 Å². The zero-order valence-corrected chi connectivity index (χ0v) is 9.72. The Labute approximate surface area is 91.8 Å². The number of fused-ring (bicyclic) bond motifs is 1. The molecule has 2 unspecified atom stereocenters. The van der Waals surface area contributed by atoms with Crippen LogP contribution in [0.1, 0.15) is 13.8 Å². The van der Waals surface area contributed by atoms with Crippen LogP contribution < -0.4 is 0 Å². The van der Waals surface area contributed by atoms with Crippen LogP contribution in [0.2, 0.25) is 0 Å². The Morgan fingerprint density at radius 1 is 1.33 bits per heavy atom. The monoisotopic (exact) mass is 214 g/mol. The maximum atomic E-state index is 9.28. The van der Waals surface area contributed by atoms with Gasteiger partial charge in [0.2, 0.25) is 0 Å². The summed E-state index contributed by atoms with van der Waals surface area (Å²) in [4.78, 5) is 4.93. The van der Waals surface area contributed by atoms with Gasteiger partial charge in [-0.2, -0.15) is 0 Å². The first-order chi connectivity index (χ1) is 7.22. The van der Waals surface area contributed by atoms with Crippen molar-refractivity contribution >= 4 is 0 Å². The van der Waals surface area contributed by atoms with Crippen molar-refractivity contribution in [3.05, 3.63) is 0 Å². The summed E-state index contributed by atoms with van der Waals surface area (Å²) in [6.45, 7) is 9.68. The molecule has 0 spiro atoms. The highest BCUT2D eigenvalue weighted by atomic mass is 16.5. The van der Waals surface area contributed by atoms with E-state index in [0.29, 0.717) is 12.1 Å². The Morgan fingerprint density at radius 2 is 2.13 bits per heavy atom. The van der Waals surface area contributed by atoms with Crippen LogP contribution in [0.5, 0.6) is 0 Å². The van der Waals surface area contributed by atoms with Gasteiger partial charge in [-0.05, 0) is 13.8 Å². The molecule has 4 nitrogen and oxygen atoms in total. The lowest BCUT2D eigenvalue weighted by molar-refractivity contribution is -0.117. The van der Waals surface area contributed by atoms with Gasteiger partial charge in [-0.3, -0.25) is 9.80 Å². The van der Waals surface area contributed by atoms with Gasteiger partial charge in [0.1, 0.15) is 0 Å². The van der Waals surface area contributed by atoms with Crippen LogP contribution in [-0.2, 0) is 4.74 Å². The van der Waals surface area contributed by atoms with Crippen LogP contribution in [0.4, 0.5) is 0 Å². The molecule has 15 heavy (non-hydrogen) atoms. The summed E-state index contributed by atoms with van der Waals surface area (Å²) < 4.78 is 5.61. The maximum absolute atomic E-state index is 9.28. The molecule has 1 N–H and O–H groups in total. The Balaban J connectivity index is 2.00. The molecule has 4 heteroatoms. The molecule has 0 aromatic heterocycles. The largest absolute Gasteiger partial charge is 0.394 e. The zero-order chi connectivity index (χ0) is 10.8. The number of ether oxygens (including phenoxy) is 1. The number of nitrogens with zero attached hydrogens (tertiary/aromatic N) is 2. The molecule has 0 aromatic carbocycles. The molecule has 88 valence electrons. The molecule has 0 aliphatic carbocycles. The highest BCUT2D eigenvalue weighted by Gasteiger charge is 2.36. The van der Waals surface area contributed by atoms with Crippen molar-refractivity contribution in [2.75, 3.05) is 39.4 Å². The Bertz CT molecular complexity index is 205. The average Bonchev–Trinajstić information content (AvgIpc) is 2.27. The quantitative estimate of drug-likeness (QED) is 0.689. The van der Waals surface area contributed by atoms with E-state index in [0.717, 1.165) is 32.8 Å². The molecule has 2 saturated heterocycles. The molecule has 0 aromatic rings. The van der Waals surface area contributed by atoms with Gasteiger partial charge in [0, 0.05) is 32.2 Å². The second-order valence-electron chi connectivity index (χ2n) is 4.78. The fraction of sp³-hybridized carbons (Fsp3) is 1.00. The molecule has 2 heterocycles. The van der Waals surface area contributed by atoms with E-state index in [4.69, 9.17) is 4.74 Å². The summed E-state index contributed by atoms with van der Waals surface area (Å²) in [5.74, 6) is 0. The molecular weight excluding hydrogens is 192 g/mol. The fourth-order valence-corrected chi connectivity index (χ4v) is 2.58. The van der Waals surface area contributed by atoms with Crippen LogP contribution >= 0.6 is 0 Å². The van der Waals surface area contributed by atoms with Gasteiger partial charge in [0.25, 0.3) is 0 Å². The topological polar surface area (TPSA) is 35.9 Å². The number of aliphatic hydroxyl groups excluding tert-OH is 1. The lowest BCUT2D eigenvalue weighted by Gasteiger charge is -2.48. The van der Waals surface area contributed by atoms with Gasteiger partial charge < -0.3 is 9.84 Å². The van der Waals surface area contributed by atoms with E-state index in [1.54, 1.807) is 0 Å². The smallest absolute Gasteiger partial charge is 0.0973 e. The molecule has 0 amide bonds. The SMILES string of the molecule is CC(C)N1CCN2CCOC(CO)C2C1. The van der Waals surface area contributed by atoms with Crippen LogP contribution in [0.3, 0.4) is 0 Å². The molecule has 2 aliphatic heterocycles. The summed E-state index contributed by atoms with van der Waals surface area (Å²) in [5.41, 5.74) is 0. The molecule has 2 atom stereocenters. The van der Waals surface area contributed by atoms with Crippen molar-refractivity contribution < 1.29 is 9.84 Å². The molecular formula is C11H22N2O2. The van der Waals surface area contributed by atoms with E-state index in [1.165, 1.54) is 0 Å². The lowest BCUT2D eigenvalue weighted by atomic mass is 10.0. The third-order valence-electron chi connectivity index (χ3n) is 3.61. The van der Waals surface area contributed by atoms with Gasteiger partial charge in [0.05, 0.1) is 25.4 Å². The standard InChI is InChI=1S/C11H22N2O2/c1-9(2)13-4-3-12-5-6-15-11(8-14)10(12)7-13/h9-11,14H,3-8H2,1-2H3. The Kier molecular flexibility index (Phi) is 3.61. The number of morpholine rings is 1. The Morgan fingerprint density at radius 3 is 2.80 bits per heavy atom. The molecule has 0 bridgehead atoms. The van der Waals surface area contributed by atoms with E-state index < -0.39 is 0 Å². The van der Waals surface area contributed by atoms with E-state index in [-0.39, 0.29) is 12.7 Å². The molecule has 2 fully saturated rings. The number of aliphatic hydroxyl groups is 1. The summed E-state index contributed by atoms with van der Waals surface area (Å²) in [6, 6.07) is 0.980. The molecule has 0 radical (unpaired) electrons. The van der Waals surface area contributed by atoms with Crippen molar-refractivity contribution in [1.29, 1.82) is 0 Å². The lowest BCUT2D eigenvalue weighted by Crippen LogP contribution is -2.63. The number of rotatable bonds is 2. The second kappa shape index (κ2) is 4.78. The van der Waals surface area contributed by atoms with Gasteiger partial charge in [0.15, 0.2) is 0 Å². The first-order valence-electron chi connectivity index (χ1n) is 5.93. The third kappa shape index (κ3) is 2.33. The number of piperazine rings is 1. The van der Waals surface area contributed by atoms with Crippen molar-refractivity contribution in [2.45, 2.75) is 32.0 Å². The minimum absolute atomic E-state index is 0.0142. The van der Waals surface area contributed by atoms with Crippen molar-refractivity contribution in [2.24, 2.45) is 0 Å². The average molecular weight is 214 g/mol. The van der Waals surface area contributed by atoms with Crippen molar-refractivity contribution in [3.63, 3.8) is 0 Å². The molecule has 0 saturated carbocycles. The Hall–Kier alpha value is -0.160. The van der Waals surface area contributed by atoms with Gasteiger partial charge >= 0.3 is 0 Å². The van der Waals surface area contributed by atoms with E-state index in [1.807, 2.05) is 0 Å². The first-order valence-corrected chi connectivity index (χ1v) is 5.93. The zero-order valence-electron chi connectivity index (χ0n) is 9.72. The predicted octanol–water partition coefficient (Wildman–Crippen LogP) is -0.228. The highest BCUT2D eigenvalue weighted by Crippen LogP contribution is 2.20. The van der Waals surface area contributed by atoms with Crippen molar-refractivity contribution in [3.8, 4) is 0 Å². The highest BCUT2D eigenvalue weighted by molar-refractivity contribution is 4.91. The van der Waals surface area contributed by atoms with Crippen LogP contribution in [0, 0.1) is 0 Å². The van der Waals surface area contributed by atoms with Crippen LogP contribution in [0.25, 0.3) is 0 Å². The number of hydrogen-bond donors (Lipinski definition) is 1. The maximum Gasteiger partial charge on any atom is 0.0973 e. The third-order valence-corrected chi connectivity index (χ3v) is 3.61. The summed E-state index contributed by atoms with van der Waals surface area (Å²) in [7, 11) is 0. The molecule has 2 aliphatic rings. The van der Waals surface area contributed by atoms with Crippen LogP contribution in [0.15, 0.2) is 0 Å². The van der Waals surface area contributed by atoms with Crippen LogP contribution in [-0.4, -0.2) is 72.5 Å². The van der Waals surface area contributed by atoms with Gasteiger partial charge in [-0.15, -0.1) is 0 Å². The normalized spacial score (nSPS) is 34.4. The van der Waals surface area contributed by atoms with Gasteiger partial charge in [-0.25, -0.2) is 0 Å². The van der Waals surface area contributed by atoms with E-state index in [2.05, 4.69) is 23.6 Å². The first kappa shape index (κ1) is 11.3. The fourth-order valence-electron chi connectivity index (χ4n) is 2.58. The summed E-state index contributed by atoms with van der Waals surface area (Å²) in [5, 5.41) is 9.28. The van der Waals surface area contributed by atoms with E-state index in [9.17, 15) is 5.11 Å².